The molecule has 0 spiro atoms. The van der Waals surface area contributed by atoms with Crippen molar-refractivity contribution in [2.75, 3.05) is 12.0 Å². The molecule has 0 radical (unpaired) electrons. The summed E-state index contributed by atoms with van der Waals surface area (Å²) in [5, 5.41) is 11.8. The van der Waals surface area contributed by atoms with Crippen LogP contribution in [0.4, 0.5) is 5.69 Å². The first-order valence-electron chi connectivity index (χ1n) is 8.91. The van der Waals surface area contributed by atoms with Gasteiger partial charge in [-0.05, 0) is 49.2 Å². The van der Waals surface area contributed by atoms with Crippen molar-refractivity contribution in [3.63, 3.8) is 0 Å². The third-order valence-corrected chi connectivity index (χ3v) is 5.76. The van der Waals surface area contributed by atoms with Crippen LogP contribution < -0.4 is 15.2 Å². The molecule has 1 heterocycles. The summed E-state index contributed by atoms with van der Waals surface area (Å²) < 4.78 is 6.70. The molecule has 0 atom stereocenters. The zero-order valence-electron chi connectivity index (χ0n) is 15.5. The number of anilines is 1. The number of hydrogen-bond donors (Lipinski definition) is 1. The van der Waals surface area contributed by atoms with E-state index < -0.39 is 0 Å². The molecule has 1 aliphatic carbocycles. The summed E-state index contributed by atoms with van der Waals surface area (Å²) >= 11 is 12.0. The Bertz CT molecular complexity index is 1140. The second-order valence-corrected chi connectivity index (χ2v) is 7.62. The SMILES string of the molecule is COc1ccc(N(C(=S)c2c(O)c3c(Cl)cccc3n(C)c2=O)C2CC2)cc1. The predicted octanol–water partition coefficient (Wildman–Crippen LogP) is 4.25. The highest BCUT2D eigenvalue weighted by molar-refractivity contribution is 7.81. The van der Waals surface area contributed by atoms with Crippen LogP contribution in [-0.4, -0.2) is 27.8 Å². The number of nitrogens with zero attached hydrogens (tertiary/aromatic N) is 2. The molecule has 1 aromatic heterocycles. The highest BCUT2D eigenvalue weighted by Crippen LogP contribution is 2.37. The average Bonchev–Trinajstić information content (AvgIpc) is 3.52. The summed E-state index contributed by atoms with van der Waals surface area (Å²) in [6.07, 6.45) is 1.95. The van der Waals surface area contributed by atoms with Crippen molar-refractivity contribution in [2.45, 2.75) is 18.9 Å². The molecule has 1 N–H and O–H groups in total. The maximum absolute atomic E-state index is 13.1. The largest absolute Gasteiger partial charge is 0.506 e. The third kappa shape index (κ3) is 3.02. The summed E-state index contributed by atoms with van der Waals surface area (Å²) in [6.45, 7) is 0. The van der Waals surface area contributed by atoms with Gasteiger partial charge in [-0.25, -0.2) is 0 Å². The predicted molar refractivity (Wildman–Crippen MR) is 116 cm³/mol. The number of methoxy groups -OCH3 is 1. The quantitative estimate of drug-likeness (QED) is 0.647. The van der Waals surface area contributed by atoms with E-state index in [2.05, 4.69) is 0 Å². The number of rotatable bonds is 4. The van der Waals surface area contributed by atoms with Gasteiger partial charge in [-0.2, -0.15) is 0 Å². The van der Waals surface area contributed by atoms with E-state index in [1.165, 1.54) is 4.57 Å². The van der Waals surface area contributed by atoms with Crippen LogP contribution in [0.2, 0.25) is 5.02 Å². The van der Waals surface area contributed by atoms with Crippen LogP contribution in [0.25, 0.3) is 10.9 Å². The molecule has 5 nitrogen and oxygen atoms in total. The Hall–Kier alpha value is -2.57. The number of aryl methyl sites for hydroxylation is 1. The van der Waals surface area contributed by atoms with Crippen LogP contribution in [0.5, 0.6) is 11.5 Å². The van der Waals surface area contributed by atoms with Crippen LogP contribution in [-0.2, 0) is 7.05 Å². The molecule has 4 rings (SSSR count). The first-order chi connectivity index (χ1) is 13.4. The van der Waals surface area contributed by atoms with Gasteiger partial charge < -0.3 is 19.3 Å². The smallest absolute Gasteiger partial charge is 0.264 e. The first-order valence-corrected chi connectivity index (χ1v) is 9.70. The van der Waals surface area contributed by atoms with Gasteiger partial charge in [0.1, 0.15) is 22.1 Å². The van der Waals surface area contributed by atoms with E-state index >= 15 is 0 Å². The van der Waals surface area contributed by atoms with Gasteiger partial charge in [0.25, 0.3) is 5.56 Å². The lowest BCUT2D eigenvalue weighted by molar-refractivity contribution is 0.415. The normalized spacial score (nSPS) is 13.5. The van der Waals surface area contributed by atoms with Crippen molar-refractivity contribution in [3.8, 4) is 11.5 Å². The van der Waals surface area contributed by atoms with E-state index in [9.17, 15) is 9.90 Å². The van der Waals surface area contributed by atoms with Gasteiger partial charge in [-0.3, -0.25) is 4.79 Å². The minimum absolute atomic E-state index is 0.0980. The maximum Gasteiger partial charge on any atom is 0.264 e. The third-order valence-electron chi connectivity index (χ3n) is 5.04. The fourth-order valence-corrected chi connectivity index (χ4v) is 4.11. The fourth-order valence-electron chi connectivity index (χ4n) is 3.41. The summed E-state index contributed by atoms with van der Waals surface area (Å²) in [7, 11) is 3.26. The molecule has 2 aromatic carbocycles. The lowest BCUT2D eigenvalue weighted by atomic mass is 10.1. The number of ether oxygens (including phenoxy) is 1. The molecule has 7 heteroatoms. The molecule has 1 aliphatic rings. The Morgan fingerprint density at radius 3 is 2.54 bits per heavy atom. The van der Waals surface area contributed by atoms with Gasteiger partial charge >= 0.3 is 0 Å². The zero-order valence-corrected chi connectivity index (χ0v) is 17.0. The summed E-state index contributed by atoms with van der Waals surface area (Å²) in [6, 6.07) is 12.9. The lowest BCUT2D eigenvalue weighted by Gasteiger charge is -2.26. The lowest BCUT2D eigenvalue weighted by Crippen LogP contribution is -2.37. The second kappa shape index (κ2) is 7.11. The summed E-state index contributed by atoms with van der Waals surface area (Å²) in [5.41, 5.74) is 1.16. The van der Waals surface area contributed by atoms with E-state index in [-0.39, 0.29) is 22.9 Å². The van der Waals surface area contributed by atoms with Crippen LogP contribution >= 0.6 is 23.8 Å². The molecule has 28 heavy (non-hydrogen) atoms. The highest BCUT2D eigenvalue weighted by Gasteiger charge is 2.35. The number of thiocarbonyl (C=S) groups is 1. The summed E-state index contributed by atoms with van der Waals surface area (Å²) in [4.78, 5) is 15.3. The molecule has 0 bridgehead atoms. The van der Waals surface area contributed by atoms with Gasteiger partial charge in [-0.15, -0.1) is 0 Å². The topological polar surface area (TPSA) is 54.7 Å². The first kappa shape index (κ1) is 18.8. The van der Waals surface area contributed by atoms with Gasteiger partial charge in [0.05, 0.1) is 23.0 Å². The van der Waals surface area contributed by atoms with Crippen molar-refractivity contribution >= 4 is 45.4 Å². The number of fused-ring (bicyclic) bond motifs is 1. The Morgan fingerprint density at radius 2 is 1.93 bits per heavy atom. The molecule has 0 saturated heterocycles. The molecule has 1 fully saturated rings. The van der Waals surface area contributed by atoms with Crippen LogP contribution in [0.3, 0.4) is 0 Å². The molecule has 0 unspecified atom stereocenters. The van der Waals surface area contributed by atoms with E-state index in [0.717, 1.165) is 24.3 Å². The van der Waals surface area contributed by atoms with E-state index in [0.29, 0.717) is 20.9 Å². The number of aromatic nitrogens is 1. The Labute approximate surface area is 172 Å². The molecule has 3 aromatic rings. The van der Waals surface area contributed by atoms with E-state index in [1.54, 1.807) is 32.4 Å². The molecular formula is C21H19ClN2O3S. The van der Waals surface area contributed by atoms with Crippen molar-refractivity contribution in [2.24, 2.45) is 7.05 Å². The van der Waals surface area contributed by atoms with Crippen molar-refractivity contribution in [1.29, 1.82) is 0 Å². The van der Waals surface area contributed by atoms with Crippen LogP contribution in [0.1, 0.15) is 18.4 Å². The zero-order chi connectivity index (χ0) is 20.0. The number of aromatic hydroxyl groups is 1. The number of pyridine rings is 1. The van der Waals surface area contributed by atoms with Crippen molar-refractivity contribution < 1.29 is 9.84 Å². The Kier molecular flexibility index (Phi) is 4.77. The molecule has 144 valence electrons. The van der Waals surface area contributed by atoms with Crippen LogP contribution in [0.15, 0.2) is 47.3 Å². The average molecular weight is 415 g/mol. The monoisotopic (exact) mass is 414 g/mol. The summed E-state index contributed by atoms with van der Waals surface area (Å²) in [5.74, 6) is 0.564. The number of hydrogen-bond acceptors (Lipinski definition) is 4. The second-order valence-electron chi connectivity index (χ2n) is 6.83. The van der Waals surface area contributed by atoms with Crippen molar-refractivity contribution in [1.82, 2.24) is 4.57 Å². The van der Waals surface area contributed by atoms with Gasteiger partial charge in [0, 0.05) is 18.8 Å². The number of halogens is 1. The van der Waals surface area contributed by atoms with Crippen LogP contribution in [0, 0.1) is 0 Å². The van der Waals surface area contributed by atoms with E-state index in [1.807, 2.05) is 29.2 Å². The maximum atomic E-state index is 13.1. The number of benzene rings is 2. The molecule has 1 saturated carbocycles. The van der Waals surface area contributed by atoms with Gasteiger partial charge in [0.2, 0.25) is 0 Å². The van der Waals surface area contributed by atoms with Crippen molar-refractivity contribution in [3.05, 3.63) is 63.4 Å². The Morgan fingerprint density at radius 1 is 1.25 bits per heavy atom. The molecule has 0 amide bonds. The molecule has 0 aliphatic heterocycles. The Balaban J connectivity index is 1.89. The fraction of sp³-hybridized carbons (Fsp3) is 0.238. The van der Waals surface area contributed by atoms with Gasteiger partial charge in [-0.1, -0.05) is 29.9 Å². The van der Waals surface area contributed by atoms with E-state index in [4.69, 9.17) is 28.6 Å². The molecular weight excluding hydrogens is 396 g/mol. The standard InChI is InChI=1S/C21H19ClN2O3S/c1-23-16-5-3-4-15(22)17(16)19(25)18(20(23)26)21(28)24(12-6-7-12)13-8-10-14(27-2)11-9-13/h3-5,8-12,25H,6-7H2,1-2H3. The highest BCUT2D eigenvalue weighted by atomic mass is 35.5. The minimum Gasteiger partial charge on any atom is -0.506 e. The minimum atomic E-state index is -0.351. The van der Waals surface area contributed by atoms with Gasteiger partial charge in [0.15, 0.2) is 0 Å².